The fourth-order valence-electron chi connectivity index (χ4n) is 6.13. The number of benzene rings is 2. The Bertz CT molecular complexity index is 1290. The van der Waals surface area contributed by atoms with Crippen LogP contribution < -0.4 is 9.47 Å². The van der Waals surface area contributed by atoms with E-state index >= 15 is 0 Å². The lowest BCUT2D eigenvalue weighted by molar-refractivity contribution is -0.130. The van der Waals surface area contributed by atoms with E-state index in [1.807, 2.05) is 70.4 Å². The van der Waals surface area contributed by atoms with Crippen molar-refractivity contribution in [3.05, 3.63) is 78.1 Å². The van der Waals surface area contributed by atoms with E-state index in [-0.39, 0.29) is 17.2 Å². The zero-order valence-corrected chi connectivity index (χ0v) is 21.8. The minimum atomic E-state index is 0.0919. The number of rotatable bonds is 6. The van der Waals surface area contributed by atoms with Crippen molar-refractivity contribution in [2.45, 2.75) is 38.5 Å². The molecule has 0 atom stereocenters. The van der Waals surface area contributed by atoms with Crippen LogP contribution >= 0.6 is 0 Å². The van der Waals surface area contributed by atoms with Crippen LogP contribution in [0.2, 0.25) is 0 Å². The van der Waals surface area contributed by atoms with Crippen LogP contribution in [0.5, 0.6) is 11.5 Å². The molecule has 2 saturated heterocycles. The molecule has 1 aromatic heterocycles. The van der Waals surface area contributed by atoms with Crippen molar-refractivity contribution in [3.63, 3.8) is 0 Å². The molecule has 7 nitrogen and oxygen atoms in total. The first-order valence-electron chi connectivity index (χ1n) is 13.8. The summed E-state index contributed by atoms with van der Waals surface area (Å²) in [5.74, 6) is 1.95. The molecule has 0 bridgehead atoms. The average molecular weight is 514 g/mol. The van der Waals surface area contributed by atoms with Crippen LogP contribution in [0.25, 0.3) is 5.69 Å². The van der Waals surface area contributed by atoms with Crippen molar-refractivity contribution in [1.29, 1.82) is 0 Å². The third kappa shape index (κ3) is 5.02. The minimum Gasteiger partial charge on any atom is -0.486 e. The topological polar surface area (TPSA) is 64.0 Å². The van der Waals surface area contributed by atoms with Crippen LogP contribution in [-0.4, -0.2) is 65.6 Å². The summed E-state index contributed by atoms with van der Waals surface area (Å²) < 4.78 is 13.3. The maximum absolute atomic E-state index is 13.4. The van der Waals surface area contributed by atoms with E-state index in [1.54, 1.807) is 0 Å². The normalized spacial score (nSPS) is 18.1. The summed E-state index contributed by atoms with van der Waals surface area (Å²) in [5.41, 5.74) is 2.97. The number of carbonyl (C=O) groups excluding carboxylic acids is 2. The fraction of sp³-hybridized carbons (Fsp3) is 0.419. The van der Waals surface area contributed by atoms with Gasteiger partial charge in [-0.1, -0.05) is 18.2 Å². The number of likely N-dealkylation sites (tertiary alicyclic amines) is 2. The van der Waals surface area contributed by atoms with E-state index in [4.69, 9.17) is 9.47 Å². The van der Waals surface area contributed by atoms with Crippen molar-refractivity contribution in [2.24, 2.45) is 5.41 Å². The molecule has 2 fully saturated rings. The van der Waals surface area contributed by atoms with Gasteiger partial charge in [-0.2, -0.15) is 0 Å². The Balaban J connectivity index is 0.999. The highest BCUT2D eigenvalue weighted by Crippen LogP contribution is 2.41. The number of para-hydroxylation sites is 1. The van der Waals surface area contributed by atoms with Crippen molar-refractivity contribution in [1.82, 2.24) is 14.4 Å². The number of fused-ring (bicyclic) bond motifs is 1. The summed E-state index contributed by atoms with van der Waals surface area (Å²) in [6, 6.07) is 17.8. The summed E-state index contributed by atoms with van der Waals surface area (Å²) >= 11 is 0. The number of aromatic nitrogens is 1. The van der Waals surface area contributed by atoms with E-state index in [1.165, 1.54) is 5.56 Å². The first-order valence-corrected chi connectivity index (χ1v) is 13.8. The summed E-state index contributed by atoms with van der Waals surface area (Å²) in [7, 11) is 0. The van der Waals surface area contributed by atoms with Gasteiger partial charge in [-0.05, 0) is 79.5 Å². The van der Waals surface area contributed by atoms with Gasteiger partial charge in [0.25, 0.3) is 5.91 Å². The Hall–Kier alpha value is -3.74. The second-order valence-electron chi connectivity index (χ2n) is 10.8. The van der Waals surface area contributed by atoms with Gasteiger partial charge in [-0.15, -0.1) is 0 Å². The lowest BCUT2D eigenvalue weighted by atomic mass is 9.77. The van der Waals surface area contributed by atoms with Crippen LogP contribution in [-0.2, 0) is 11.2 Å². The number of piperidine rings is 1. The van der Waals surface area contributed by atoms with Crippen LogP contribution in [0.4, 0.5) is 0 Å². The van der Waals surface area contributed by atoms with E-state index in [0.717, 1.165) is 81.0 Å². The number of ether oxygens (including phenoxy) is 2. The van der Waals surface area contributed by atoms with E-state index < -0.39 is 0 Å². The molecule has 0 N–H and O–H groups in total. The largest absolute Gasteiger partial charge is 0.486 e. The smallest absolute Gasteiger partial charge is 0.255 e. The van der Waals surface area contributed by atoms with Gasteiger partial charge in [0.1, 0.15) is 13.2 Å². The molecule has 4 heterocycles. The van der Waals surface area contributed by atoms with Gasteiger partial charge in [-0.3, -0.25) is 9.59 Å². The van der Waals surface area contributed by atoms with Gasteiger partial charge in [0.05, 0.1) is 11.3 Å². The van der Waals surface area contributed by atoms with Crippen molar-refractivity contribution in [3.8, 4) is 17.2 Å². The van der Waals surface area contributed by atoms with Crippen LogP contribution in [0.3, 0.4) is 0 Å². The molecule has 0 saturated carbocycles. The molecule has 3 aromatic rings. The third-order valence-corrected chi connectivity index (χ3v) is 8.38. The second-order valence-corrected chi connectivity index (χ2v) is 10.8. The zero-order valence-electron chi connectivity index (χ0n) is 21.8. The molecule has 198 valence electrons. The second kappa shape index (κ2) is 10.6. The summed E-state index contributed by atoms with van der Waals surface area (Å²) in [4.78, 5) is 30.5. The summed E-state index contributed by atoms with van der Waals surface area (Å²) in [5, 5.41) is 0. The molecule has 1 spiro atoms. The molecule has 38 heavy (non-hydrogen) atoms. The molecule has 2 aromatic carbocycles. The minimum absolute atomic E-state index is 0.0919. The predicted molar refractivity (Wildman–Crippen MR) is 145 cm³/mol. The Kier molecular flexibility index (Phi) is 6.83. The monoisotopic (exact) mass is 513 g/mol. The average Bonchev–Trinajstić information content (AvgIpc) is 3.64. The molecule has 3 aliphatic heterocycles. The van der Waals surface area contributed by atoms with E-state index in [0.29, 0.717) is 19.6 Å². The molecule has 0 aliphatic carbocycles. The summed E-state index contributed by atoms with van der Waals surface area (Å²) in [6.07, 6.45) is 9.11. The molecular weight excluding hydrogens is 478 g/mol. The molecule has 0 unspecified atom stereocenters. The van der Waals surface area contributed by atoms with Crippen LogP contribution in [0.1, 0.15) is 48.0 Å². The molecular formula is C31H35N3O4. The molecule has 0 radical (unpaired) electrons. The first kappa shape index (κ1) is 24.6. The maximum Gasteiger partial charge on any atom is 0.255 e. The van der Waals surface area contributed by atoms with Gasteiger partial charge in [0.15, 0.2) is 11.5 Å². The van der Waals surface area contributed by atoms with Gasteiger partial charge >= 0.3 is 0 Å². The SMILES string of the molecule is O=C(CCCc1ccc2c(c1)OCCO2)N1CCC2(CCN(C(=O)c3ccccc3-n3cccc3)CC2)C1. The first-order chi connectivity index (χ1) is 18.6. The Labute approximate surface area is 223 Å². The van der Waals surface area contributed by atoms with Gasteiger partial charge in [0, 0.05) is 45.0 Å². The number of amides is 2. The fourth-order valence-corrected chi connectivity index (χ4v) is 6.13. The highest BCUT2D eigenvalue weighted by molar-refractivity contribution is 5.97. The number of hydrogen-bond donors (Lipinski definition) is 0. The van der Waals surface area contributed by atoms with Gasteiger partial charge in [-0.25, -0.2) is 0 Å². The van der Waals surface area contributed by atoms with Gasteiger partial charge in [0.2, 0.25) is 5.91 Å². The zero-order chi connectivity index (χ0) is 26.0. The molecule has 6 rings (SSSR count). The van der Waals surface area contributed by atoms with Crippen molar-refractivity contribution < 1.29 is 19.1 Å². The quantitative estimate of drug-likeness (QED) is 0.478. The van der Waals surface area contributed by atoms with E-state index in [9.17, 15) is 9.59 Å². The van der Waals surface area contributed by atoms with Crippen LogP contribution in [0.15, 0.2) is 67.0 Å². The highest BCUT2D eigenvalue weighted by atomic mass is 16.6. The standard InChI is InChI=1S/C31H35N3O4/c35-29(9-5-6-24-10-11-27-28(22-24)38-21-20-37-27)34-19-14-31(23-34)12-17-33(18-13-31)30(36)25-7-1-2-8-26(25)32-15-3-4-16-32/h1-4,7-8,10-11,15-16,22H,5-6,9,12-14,17-21,23H2. The maximum atomic E-state index is 13.4. The Morgan fingerprint density at radius 2 is 1.53 bits per heavy atom. The predicted octanol–water partition coefficient (Wildman–Crippen LogP) is 4.73. The summed E-state index contributed by atoms with van der Waals surface area (Å²) in [6.45, 7) is 4.30. The van der Waals surface area contributed by atoms with Crippen molar-refractivity contribution in [2.75, 3.05) is 39.4 Å². The number of carbonyl (C=O) groups is 2. The Morgan fingerprint density at radius 3 is 2.32 bits per heavy atom. The van der Waals surface area contributed by atoms with E-state index in [2.05, 4.69) is 11.0 Å². The Morgan fingerprint density at radius 1 is 0.816 bits per heavy atom. The molecule has 3 aliphatic rings. The van der Waals surface area contributed by atoms with Crippen LogP contribution in [0, 0.1) is 5.41 Å². The molecule has 2 amide bonds. The van der Waals surface area contributed by atoms with Gasteiger partial charge < -0.3 is 23.8 Å². The lowest BCUT2D eigenvalue weighted by Gasteiger charge is -2.39. The molecule has 7 heteroatoms. The highest BCUT2D eigenvalue weighted by Gasteiger charge is 2.42. The lowest BCUT2D eigenvalue weighted by Crippen LogP contribution is -2.44. The number of nitrogens with zero attached hydrogens (tertiary/aromatic N) is 3. The van der Waals surface area contributed by atoms with Crippen molar-refractivity contribution >= 4 is 11.8 Å². The number of aryl methyl sites for hydroxylation is 1. The number of hydrogen-bond acceptors (Lipinski definition) is 4. The third-order valence-electron chi connectivity index (χ3n) is 8.38.